The lowest BCUT2D eigenvalue weighted by atomic mass is 9.93. The summed E-state index contributed by atoms with van der Waals surface area (Å²) in [4.78, 5) is 14.7. The molecule has 2 amide bonds. The Balaban J connectivity index is 1.82. The van der Waals surface area contributed by atoms with Gasteiger partial charge in [0.05, 0.1) is 6.04 Å². The van der Waals surface area contributed by atoms with Crippen LogP contribution in [0.4, 0.5) is 10.5 Å². The standard InChI is InChI=1S/C21H17ClN2O/c22-17-11-12-19-18(13-17)20(16-9-5-2-6-10-16)24(21(25)23-19)14-15-7-3-1-4-8-15/h1-13,20H,14H2,(H,23,25). The Hall–Kier alpha value is -2.78. The number of anilines is 1. The number of benzene rings is 3. The topological polar surface area (TPSA) is 32.3 Å². The fraction of sp³-hybridized carbons (Fsp3) is 0.0952. The van der Waals surface area contributed by atoms with Crippen molar-refractivity contribution in [1.82, 2.24) is 4.90 Å². The fourth-order valence-corrected chi connectivity index (χ4v) is 3.46. The quantitative estimate of drug-likeness (QED) is 0.668. The molecule has 1 heterocycles. The second-order valence-corrected chi connectivity index (χ2v) is 6.52. The molecule has 0 bridgehead atoms. The molecule has 0 aliphatic carbocycles. The Morgan fingerprint density at radius 3 is 2.32 bits per heavy atom. The molecule has 1 N–H and O–H groups in total. The maximum Gasteiger partial charge on any atom is 0.322 e. The minimum Gasteiger partial charge on any atom is -0.309 e. The highest BCUT2D eigenvalue weighted by molar-refractivity contribution is 6.30. The van der Waals surface area contributed by atoms with Crippen molar-refractivity contribution >= 4 is 23.3 Å². The van der Waals surface area contributed by atoms with Crippen molar-refractivity contribution in [1.29, 1.82) is 0 Å². The molecule has 0 saturated heterocycles. The summed E-state index contributed by atoms with van der Waals surface area (Å²) >= 11 is 6.24. The Morgan fingerprint density at radius 2 is 1.60 bits per heavy atom. The van der Waals surface area contributed by atoms with Crippen molar-refractivity contribution in [2.24, 2.45) is 0 Å². The Labute approximate surface area is 151 Å². The average Bonchev–Trinajstić information content (AvgIpc) is 2.64. The van der Waals surface area contributed by atoms with Gasteiger partial charge in [0.1, 0.15) is 0 Å². The first kappa shape index (κ1) is 15.7. The molecule has 3 aromatic carbocycles. The molecule has 1 unspecified atom stereocenters. The number of fused-ring (bicyclic) bond motifs is 1. The number of carbonyl (C=O) groups excluding carboxylic acids is 1. The lowest BCUT2D eigenvalue weighted by Crippen LogP contribution is -2.42. The van der Waals surface area contributed by atoms with Crippen LogP contribution in [0.1, 0.15) is 22.7 Å². The summed E-state index contributed by atoms with van der Waals surface area (Å²) in [6, 6.07) is 25.4. The summed E-state index contributed by atoms with van der Waals surface area (Å²) < 4.78 is 0. The van der Waals surface area contributed by atoms with Crippen LogP contribution in [0.25, 0.3) is 0 Å². The van der Waals surface area contributed by atoms with E-state index < -0.39 is 0 Å². The van der Waals surface area contributed by atoms with Gasteiger partial charge in [0.2, 0.25) is 0 Å². The van der Waals surface area contributed by atoms with Crippen molar-refractivity contribution in [3.63, 3.8) is 0 Å². The van der Waals surface area contributed by atoms with Gasteiger partial charge in [-0.15, -0.1) is 0 Å². The van der Waals surface area contributed by atoms with E-state index in [1.807, 2.05) is 77.7 Å². The lowest BCUT2D eigenvalue weighted by molar-refractivity contribution is 0.191. The van der Waals surface area contributed by atoms with Crippen molar-refractivity contribution in [3.8, 4) is 0 Å². The van der Waals surface area contributed by atoms with E-state index in [0.29, 0.717) is 11.6 Å². The van der Waals surface area contributed by atoms with E-state index in [4.69, 9.17) is 11.6 Å². The van der Waals surface area contributed by atoms with Gasteiger partial charge in [0.15, 0.2) is 0 Å². The number of halogens is 1. The zero-order valence-corrected chi connectivity index (χ0v) is 14.3. The van der Waals surface area contributed by atoms with Crippen LogP contribution < -0.4 is 5.32 Å². The minimum atomic E-state index is -0.177. The molecule has 1 atom stereocenters. The van der Waals surface area contributed by atoms with Crippen molar-refractivity contribution < 1.29 is 4.79 Å². The molecule has 4 heteroatoms. The van der Waals surface area contributed by atoms with E-state index in [1.54, 1.807) is 6.07 Å². The minimum absolute atomic E-state index is 0.104. The van der Waals surface area contributed by atoms with Crippen molar-refractivity contribution in [3.05, 3.63) is 101 Å². The van der Waals surface area contributed by atoms with Crippen LogP contribution in [0, 0.1) is 0 Å². The first-order valence-electron chi connectivity index (χ1n) is 8.18. The molecule has 1 aliphatic rings. The molecule has 124 valence electrons. The van der Waals surface area contributed by atoms with Gasteiger partial charge in [0, 0.05) is 22.8 Å². The summed E-state index contributed by atoms with van der Waals surface area (Å²) in [6.45, 7) is 0.526. The van der Waals surface area contributed by atoms with E-state index in [9.17, 15) is 4.79 Å². The largest absolute Gasteiger partial charge is 0.322 e. The average molecular weight is 349 g/mol. The van der Waals surface area contributed by atoms with Gasteiger partial charge in [-0.05, 0) is 29.3 Å². The van der Waals surface area contributed by atoms with Crippen molar-refractivity contribution in [2.45, 2.75) is 12.6 Å². The molecular weight excluding hydrogens is 332 g/mol. The molecule has 4 rings (SSSR count). The van der Waals surface area contributed by atoms with E-state index in [-0.39, 0.29) is 12.1 Å². The van der Waals surface area contributed by atoms with Crippen LogP contribution in [0.15, 0.2) is 78.9 Å². The molecule has 25 heavy (non-hydrogen) atoms. The third kappa shape index (κ3) is 3.11. The summed E-state index contributed by atoms with van der Waals surface area (Å²) in [7, 11) is 0. The molecule has 3 nitrogen and oxygen atoms in total. The fourth-order valence-electron chi connectivity index (χ4n) is 3.28. The normalized spacial score (nSPS) is 16.3. The predicted molar refractivity (Wildman–Crippen MR) is 101 cm³/mol. The molecule has 1 aliphatic heterocycles. The Bertz CT molecular complexity index is 896. The SMILES string of the molecule is O=C1Nc2ccc(Cl)cc2C(c2ccccc2)N1Cc1ccccc1. The summed E-state index contributed by atoms with van der Waals surface area (Å²) in [5.74, 6) is 0. The molecule has 0 radical (unpaired) electrons. The van der Waals surface area contributed by atoms with Crippen LogP contribution in [0.3, 0.4) is 0 Å². The second-order valence-electron chi connectivity index (χ2n) is 6.09. The molecule has 0 fully saturated rings. The maximum absolute atomic E-state index is 12.8. The monoisotopic (exact) mass is 348 g/mol. The maximum atomic E-state index is 12.8. The first-order chi connectivity index (χ1) is 12.2. The summed E-state index contributed by atoms with van der Waals surface area (Å²) in [5.41, 5.74) is 3.97. The lowest BCUT2D eigenvalue weighted by Gasteiger charge is -2.38. The molecule has 0 spiro atoms. The number of rotatable bonds is 3. The third-order valence-corrected chi connectivity index (χ3v) is 4.67. The highest BCUT2D eigenvalue weighted by atomic mass is 35.5. The number of hydrogen-bond acceptors (Lipinski definition) is 1. The van der Waals surface area contributed by atoms with Gasteiger partial charge in [-0.3, -0.25) is 0 Å². The van der Waals surface area contributed by atoms with Gasteiger partial charge in [-0.1, -0.05) is 72.3 Å². The number of nitrogens with one attached hydrogen (secondary N) is 1. The first-order valence-corrected chi connectivity index (χ1v) is 8.56. The van der Waals surface area contributed by atoms with Gasteiger partial charge in [-0.2, -0.15) is 0 Å². The van der Waals surface area contributed by atoms with Gasteiger partial charge >= 0.3 is 6.03 Å². The zero-order chi connectivity index (χ0) is 17.2. The number of nitrogens with zero attached hydrogens (tertiary/aromatic N) is 1. The van der Waals surface area contributed by atoms with E-state index in [2.05, 4.69) is 5.32 Å². The number of hydrogen-bond donors (Lipinski definition) is 1. The molecule has 3 aromatic rings. The highest BCUT2D eigenvalue weighted by Gasteiger charge is 2.33. The van der Waals surface area contributed by atoms with Gasteiger partial charge in [-0.25, -0.2) is 4.79 Å². The number of carbonyl (C=O) groups is 1. The van der Waals surface area contributed by atoms with Crippen LogP contribution in [-0.2, 0) is 6.54 Å². The number of amides is 2. The van der Waals surface area contributed by atoms with E-state index in [1.165, 1.54) is 0 Å². The zero-order valence-electron chi connectivity index (χ0n) is 13.5. The molecule has 0 saturated carbocycles. The van der Waals surface area contributed by atoms with Crippen molar-refractivity contribution in [2.75, 3.05) is 5.32 Å². The van der Waals surface area contributed by atoms with E-state index in [0.717, 1.165) is 22.4 Å². The van der Waals surface area contributed by atoms with Gasteiger partial charge < -0.3 is 10.2 Å². The number of urea groups is 1. The third-order valence-electron chi connectivity index (χ3n) is 4.43. The van der Waals surface area contributed by atoms with Crippen LogP contribution in [-0.4, -0.2) is 10.9 Å². The Morgan fingerprint density at radius 1 is 0.920 bits per heavy atom. The smallest absolute Gasteiger partial charge is 0.309 e. The second kappa shape index (κ2) is 6.61. The van der Waals surface area contributed by atoms with Gasteiger partial charge in [0.25, 0.3) is 0 Å². The highest BCUT2D eigenvalue weighted by Crippen LogP contribution is 2.39. The summed E-state index contributed by atoms with van der Waals surface area (Å²) in [5, 5.41) is 3.65. The predicted octanol–water partition coefficient (Wildman–Crippen LogP) is 5.48. The molecule has 0 aromatic heterocycles. The van der Waals surface area contributed by atoms with E-state index >= 15 is 0 Å². The Kier molecular flexibility index (Phi) is 4.16. The molecular formula is C21H17ClN2O. The summed E-state index contributed by atoms with van der Waals surface area (Å²) in [6.07, 6.45) is 0. The van der Waals surface area contributed by atoms with Crippen LogP contribution in [0.5, 0.6) is 0 Å². The van der Waals surface area contributed by atoms with Crippen LogP contribution >= 0.6 is 11.6 Å². The van der Waals surface area contributed by atoms with Crippen LogP contribution in [0.2, 0.25) is 5.02 Å².